The number of phenols is 1. The fourth-order valence-electron chi connectivity index (χ4n) is 3.04. The third-order valence-corrected chi connectivity index (χ3v) is 4.10. The topological polar surface area (TPSA) is 62.0 Å². The zero-order valence-electron chi connectivity index (χ0n) is 13.6. The smallest absolute Gasteiger partial charge is 0.143 e. The van der Waals surface area contributed by atoms with E-state index in [1.165, 1.54) is 5.56 Å². The summed E-state index contributed by atoms with van der Waals surface area (Å²) in [5.41, 5.74) is 7.29. The van der Waals surface area contributed by atoms with Gasteiger partial charge in [0, 0.05) is 11.3 Å². The first-order chi connectivity index (χ1) is 11.0. The minimum absolute atomic E-state index is 0.255. The number of allylic oxidation sites excluding steroid dienone is 1. The molecular weight excluding hydrogens is 288 g/mol. The van der Waals surface area contributed by atoms with Gasteiger partial charge in [0.2, 0.25) is 0 Å². The van der Waals surface area contributed by atoms with Crippen molar-refractivity contribution in [2.75, 3.05) is 0 Å². The first-order valence-electron chi connectivity index (χ1n) is 7.58. The maximum absolute atomic E-state index is 9.57. The van der Waals surface area contributed by atoms with Crippen molar-refractivity contribution in [1.82, 2.24) is 10.1 Å². The molecule has 0 atom stereocenters. The fourth-order valence-corrected chi connectivity index (χ4v) is 3.04. The van der Waals surface area contributed by atoms with E-state index < -0.39 is 0 Å². The van der Waals surface area contributed by atoms with Gasteiger partial charge in [-0.15, -0.1) is 6.58 Å². The minimum atomic E-state index is 0.255. The molecule has 2 aromatic heterocycles. The number of aryl methyl sites for hydroxylation is 3. The molecule has 3 aromatic rings. The number of aromatic amines is 1. The SMILES string of the molecule is C=CCc1c(C)[nH]c(-c2c(C)noc2C)c1-c1ccc(O)cc1. The second kappa shape index (κ2) is 5.80. The van der Waals surface area contributed by atoms with E-state index in [4.69, 9.17) is 4.52 Å². The van der Waals surface area contributed by atoms with Gasteiger partial charge in [0.05, 0.1) is 17.0 Å². The van der Waals surface area contributed by atoms with E-state index in [1.54, 1.807) is 12.1 Å². The summed E-state index contributed by atoms with van der Waals surface area (Å²) in [6.45, 7) is 9.78. The van der Waals surface area contributed by atoms with Gasteiger partial charge in [-0.3, -0.25) is 0 Å². The van der Waals surface area contributed by atoms with E-state index in [-0.39, 0.29) is 5.75 Å². The molecule has 4 heteroatoms. The summed E-state index contributed by atoms with van der Waals surface area (Å²) in [5.74, 6) is 1.04. The lowest BCUT2D eigenvalue weighted by molar-refractivity contribution is 0.393. The number of phenolic OH excluding ortho intramolecular Hbond substituents is 1. The van der Waals surface area contributed by atoms with Crippen LogP contribution in [0.25, 0.3) is 22.4 Å². The molecule has 0 spiro atoms. The van der Waals surface area contributed by atoms with Crippen LogP contribution in [0.2, 0.25) is 0 Å². The highest BCUT2D eigenvalue weighted by Gasteiger charge is 2.22. The normalized spacial score (nSPS) is 10.9. The molecule has 0 bridgehead atoms. The largest absolute Gasteiger partial charge is 0.508 e. The quantitative estimate of drug-likeness (QED) is 0.687. The summed E-state index contributed by atoms with van der Waals surface area (Å²) in [6, 6.07) is 7.25. The molecule has 0 unspecified atom stereocenters. The number of hydrogen-bond acceptors (Lipinski definition) is 3. The van der Waals surface area contributed by atoms with E-state index in [0.717, 1.165) is 46.0 Å². The van der Waals surface area contributed by atoms with Crippen LogP contribution in [0.15, 0.2) is 41.4 Å². The van der Waals surface area contributed by atoms with Gasteiger partial charge >= 0.3 is 0 Å². The average molecular weight is 308 g/mol. The van der Waals surface area contributed by atoms with E-state index >= 15 is 0 Å². The van der Waals surface area contributed by atoms with Crippen LogP contribution in [0.3, 0.4) is 0 Å². The summed E-state index contributed by atoms with van der Waals surface area (Å²) >= 11 is 0. The second-order valence-corrected chi connectivity index (χ2v) is 5.72. The lowest BCUT2D eigenvalue weighted by atomic mass is 9.95. The Labute approximate surface area is 135 Å². The van der Waals surface area contributed by atoms with Crippen LogP contribution in [0.5, 0.6) is 5.75 Å². The van der Waals surface area contributed by atoms with Crippen molar-refractivity contribution in [3.63, 3.8) is 0 Å². The number of H-pyrrole nitrogens is 1. The van der Waals surface area contributed by atoms with Crippen LogP contribution >= 0.6 is 0 Å². The van der Waals surface area contributed by atoms with E-state index in [9.17, 15) is 5.11 Å². The van der Waals surface area contributed by atoms with E-state index in [1.807, 2.05) is 32.1 Å². The zero-order chi connectivity index (χ0) is 16.6. The number of nitrogens with one attached hydrogen (secondary N) is 1. The minimum Gasteiger partial charge on any atom is -0.508 e. The molecule has 1 aromatic carbocycles. The van der Waals surface area contributed by atoms with Gasteiger partial charge in [0.1, 0.15) is 11.5 Å². The first-order valence-corrected chi connectivity index (χ1v) is 7.58. The molecule has 0 fully saturated rings. The lowest BCUT2D eigenvalue weighted by Crippen LogP contribution is -1.89. The van der Waals surface area contributed by atoms with Gasteiger partial charge < -0.3 is 14.6 Å². The number of hydrogen-bond donors (Lipinski definition) is 2. The molecule has 0 radical (unpaired) electrons. The summed E-state index contributed by atoms with van der Waals surface area (Å²) in [4.78, 5) is 3.48. The van der Waals surface area contributed by atoms with Crippen molar-refractivity contribution in [1.29, 1.82) is 0 Å². The monoisotopic (exact) mass is 308 g/mol. The Kier molecular flexibility index (Phi) is 3.82. The molecular formula is C19H20N2O2. The summed E-state index contributed by atoms with van der Waals surface area (Å²) in [5, 5.41) is 13.6. The molecule has 0 amide bonds. The lowest BCUT2D eigenvalue weighted by Gasteiger charge is -2.08. The van der Waals surface area contributed by atoms with Gasteiger partial charge in [-0.2, -0.15) is 0 Å². The molecule has 0 saturated heterocycles. The molecule has 2 N–H and O–H groups in total. The first kappa shape index (κ1) is 15.2. The Morgan fingerprint density at radius 3 is 2.43 bits per heavy atom. The molecule has 3 rings (SSSR count). The second-order valence-electron chi connectivity index (χ2n) is 5.72. The van der Waals surface area contributed by atoms with Crippen molar-refractivity contribution in [3.8, 4) is 28.1 Å². The van der Waals surface area contributed by atoms with Gasteiger partial charge in [-0.25, -0.2) is 0 Å². The van der Waals surface area contributed by atoms with Gasteiger partial charge in [-0.1, -0.05) is 23.4 Å². The van der Waals surface area contributed by atoms with E-state index in [2.05, 4.69) is 23.6 Å². The molecule has 0 aliphatic heterocycles. The fraction of sp³-hybridized carbons (Fsp3) is 0.211. The highest BCUT2D eigenvalue weighted by molar-refractivity contribution is 5.86. The van der Waals surface area contributed by atoms with Crippen LogP contribution in [0.4, 0.5) is 0 Å². The summed E-state index contributed by atoms with van der Waals surface area (Å²) in [6.07, 6.45) is 2.67. The Bertz CT molecular complexity index is 835. The molecule has 23 heavy (non-hydrogen) atoms. The van der Waals surface area contributed by atoms with Crippen LogP contribution in [0, 0.1) is 20.8 Å². The van der Waals surface area contributed by atoms with Crippen molar-refractivity contribution < 1.29 is 9.63 Å². The number of benzene rings is 1. The van der Waals surface area contributed by atoms with Crippen molar-refractivity contribution in [2.45, 2.75) is 27.2 Å². The van der Waals surface area contributed by atoms with Crippen LogP contribution < -0.4 is 0 Å². The van der Waals surface area contributed by atoms with Crippen LogP contribution in [0.1, 0.15) is 22.7 Å². The zero-order valence-corrected chi connectivity index (χ0v) is 13.6. The Morgan fingerprint density at radius 2 is 1.87 bits per heavy atom. The molecule has 4 nitrogen and oxygen atoms in total. The van der Waals surface area contributed by atoms with Crippen molar-refractivity contribution in [2.24, 2.45) is 0 Å². The third-order valence-electron chi connectivity index (χ3n) is 4.10. The van der Waals surface area contributed by atoms with Crippen LogP contribution in [-0.4, -0.2) is 15.2 Å². The molecule has 2 heterocycles. The third kappa shape index (κ3) is 2.57. The number of aromatic nitrogens is 2. The van der Waals surface area contributed by atoms with Crippen molar-refractivity contribution >= 4 is 0 Å². The highest BCUT2D eigenvalue weighted by Crippen LogP contribution is 2.39. The Hall–Kier alpha value is -2.75. The van der Waals surface area contributed by atoms with Gasteiger partial charge in [0.15, 0.2) is 0 Å². The Balaban J connectivity index is 2.30. The molecule has 118 valence electrons. The Morgan fingerprint density at radius 1 is 1.17 bits per heavy atom. The van der Waals surface area contributed by atoms with Gasteiger partial charge in [0.25, 0.3) is 0 Å². The average Bonchev–Trinajstić information content (AvgIpc) is 3.01. The predicted molar refractivity (Wildman–Crippen MR) is 91.5 cm³/mol. The highest BCUT2D eigenvalue weighted by atomic mass is 16.5. The van der Waals surface area contributed by atoms with Gasteiger partial charge in [-0.05, 0) is 50.5 Å². The van der Waals surface area contributed by atoms with Crippen molar-refractivity contribution in [3.05, 3.63) is 59.6 Å². The summed E-state index contributed by atoms with van der Waals surface area (Å²) in [7, 11) is 0. The molecule has 0 saturated carbocycles. The number of aromatic hydroxyl groups is 1. The number of nitrogens with zero attached hydrogens (tertiary/aromatic N) is 1. The maximum atomic E-state index is 9.57. The van der Waals surface area contributed by atoms with Crippen LogP contribution in [-0.2, 0) is 6.42 Å². The standard InChI is InChI=1S/C19H20N2O2/c1-5-6-16-11(2)20-19(17-12(3)21-23-13(17)4)18(16)14-7-9-15(22)10-8-14/h5,7-10,20,22H,1,6H2,2-4H3. The summed E-state index contributed by atoms with van der Waals surface area (Å²) < 4.78 is 5.34. The molecule has 0 aliphatic carbocycles. The van der Waals surface area contributed by atoms with E-state index in [0.29, 0.717) is 0 Å². The number of rotatable bonds is 4. The molecule has 0 aliphatic rings. The maximum Gasteiger partial charge on any atom is 0.143 e. The predicted octanol–water partition coefficient (Wildman–Crippen LogP) is 4.70.